The molecular weight excluding hydrogens is 441 g/mol. The number of hydrogen-bond donors (Lipinski definition) is 2. The Morgan fingerprint density at radius 2 is 1.94 bits per heavy atom. The van der Waals surface area contributed by atoms with Gasteiger partial charge in [-0.05, 0) is 68.6 Å². The average molecular weight is 471 g/mol. The number of nitrogens with one attached hydrogen (secondary N) is 1. The van der Waals surface area contributed by atoms with Gasteiger partial charge in [-0.3, -0.25) is 4.90 Å². The van der Waals surface area contributed by atoms with Crippen molar-refractivity contribution < 1.29 is 13.2 Å². The van der Waals surface area contributed by atoms with Gasteiger partial charge in [0, 0.05) is 35.6 Å². The third-order valence-corrected chi connectivity index (χ3v) is 7.12. The molecule has 3 N–H and O–H groups in total. The summed E-state index contributed by atoms with van der Waals surface area (Å²) in [6.45, 7) is 5.81. The van der Waals surface area contributed by atoms with Crippen molar-refractivity contribution in [2.45, 2.75) is 44.6 Å². The highest BCUT2D eigenvalue weighted by molar-refractivity contribution is 5.93. The van der Waals surface area contributed by atoms with E-state index in [2.05, 4.69) is 37.4 Å². The monoisotopic (exact) mass is 470 g/mol. The topological polar surface area (TPSA) is 70.3 Å². The second-order valence-corrected chi connectivity index (χ2v) is 9.24. The highest BCUT2D eigenvalue weighted by Crippen LogP contribution is 2.35. The number of fused-ring (bicyclic) bond motifs is 1. The summed E-state index contributed by atoms with van der Waals surface area (Å²) in [6.07, 6.45) is 0.0511. The molecule has 2 aliphatic rings. The van der Waals surface area contributed by atoms with Crippen LogP contribution < -0.4 is 16.0 Å². The molecule has 2 fully saturated rings. The Balaban J connectivity index is 1.42. The van der Waals surface area contributed by atoms with E-state index in [0.29, 0.717) is 17.4 Å². The van der Waals surface area contributed by atoms with E-state index in [-0.39, 0.29) is 5.56 Å². The first-order valence-electron chi connectivity index (χ1n) is 11.7. The zero-order chi connectivity index (χ0) is 23.9. The normalized spacial score (nSPS) is 20.3. The van der Waals surface area contributed by atoms with Gasteiger partial charge in [0.1, 0.15) is 6.17 Å². The van der Waals surface area contributed by atoms with Gasteiger partial charge < -0.3 is 16.0 Å². The minimum absolute atomic E-state index is 0.106. The predicted octanol–water partition coefficient (Wildman–Crippen LogP) is 4.70. The van der Waals surface area contributed by atoms with Crippen molar-refractivity contribution in [1.82, 2.24) is 15.1 Å². The Kier molecular flexibility index (Phi) is 6.07. The van der Waals surface area contributed by atoms with Gasteiger partial charge in [-0.2, -0.15) is 18.3 Å². The van der Waals surface area contributed by atoms with Crippen LogP contribution in [0.15, 0.2) is 42.6 Å². The number of alkyl halides is 3. The number of benzene rings is 2. The van der Waals surface area contributed by atoms with Gasteiger partial charge in [0.25, 0.3) is 0 Å². The van der Waals surface area contributed by atoms with Crippen LogP contribution in [0.3, 0.4) is 0 Å². The van der Waals surface area contributed by atoms with Crippen LogP contribution in [0.25, 0.3) is 10.8 Å². The highest BCUT2D eigenvalue weighted by Gasteiger charge is 2.33. The number of likely N-dealkylation sites (tertiary alicyclic amines) is 1. The van der Waals surface area contributed by atoms with Gasteiger partial charge >= 0.3 is 6.18 Å². The largest absolute Gasteiger partial charge is 0.416 e. The molecule has 180 valence electrons. The van der Waals surface area contributed by atoms with Crippen LogP contribution in [-0.4, -0.2) is 47.3 Å². The Morgan fingerprint density at radius 1 is 1.12 bits per heavy atom. The van der Waals surface area contributed by atoms with Crippen LogP contribution in [0.4, 0.5) is 24.7 Å². The summed E-state index contributed by atoms with van der Waals surface area (Å²) in [4.78, 5) is 4.97. The molecule has 3 aromatic rings. The van der Waals surface area contributed by atoms with Crippen molar-refractivity contribution >= 4 is 22.3 Å². The standard InChI is InChI=1S/C25H29F3N6/c1-16-20(6-2-7-22(16)25(26,27)28)23(29)31-24-21-13-18(9-8-17(21)14-30-32-24)34-10-3-5-19(15-34)33-11-4-12-33/h2,6-9,13-14,19,23H,3-5,10-12,15,29H2,1H3,(H,31,32)/t19?,23-/m0/s1. The van der Waals surface area contributed by atoms with Gasteiger partial charge in [-0.15, -0.1) is 5.10 Å². The molecule has 0 amide bonds. The molecule has 2 aliphatic heterocycles. The molecule has 0 aliphatic carbocycles. The van der Waals surface area contributed by atoms with Crippen molar-refractivity contribution in [1.29, 1.82) is 0 Å². The molecule has 9 heteroatoms. The molecule has 1 unspecified atom stereocenters. The van der Waals surface area contributed by atoms with Gasteiger partial charge in [-0.1, -0.05) is 18.2 Å². The van der Waals surface area contributed by atoms with E-state index < -0.39 is 17.9 Å². The molecule has 2 saturated heterocycles. The van der Waals surface area contributed by atoms with E-state index >= 15 is 0 Å². The van der Waals surface area contributed by atoms with Crippen molar-refractivity contribution in [3.8, 4) is 0 Å². The van der Waals surface area contributed by atoms with E-state index in [4.69, 9.17) is 5.73 Å². The zero-order valence-corrected chi connectivity index (χ0v) is 19.1. The zero-order valence-electron chi connectivity index (χ0n) is 19.1. The maximum absolute atomic E-state index is 13.4. The number of anilines is 2. The lowest BCUT2D eigenvalue weighted by molar-refractivity contribution is -0.138. The number of nitrogens with zero attached hydrogens (tertiary/aromatic N) is 4. The molecular formula is C25H29F3N6. The van der Waals surface area contributed by atoms with Gasteiger partial charge in [0.05, 0.1) is 11.8 Å². The maximum Gasteiger partial charge on any atom is 0.416 e. The molecule has 5 rings (SSSR count). The Labute approximate surface area is 196 Å². The molecule has 34 heavy (non-hydrogen) atoms. The summed E-state index contributed by atoms with van der Waals surface area (Å²) in [5.41, 5.74) is 7.23. The minimum Gasteiger partial charge on any atom is -0.370 e. The minimum atomic E-state index is -4.43. The summed E-state index contributed by atoms with van der Waals surface area (Å²) in [6, 6.07) is 10.8. The third-order valence-electron chi connectivity index (χ3n) is 7.12. The fourth-order valence-corrected chi connectivity index (χ4v) is 5.08. The van der Waals surface area contributed by atoms with Gasteiger partial charge in [-0.25, -0.2) is 0 Å². The number of piperidine rings is 1. The molecule has 2 aromatic carbocycles. The quantitative estimate of drug-likeness (QED) is 0.527. The van der Waals surface area contributed by atoms with E-state index in [0.717, 1.165) is 42.0 Å². The molecule has 0 bridgehead atoms. The summed E-state index contributed by atoms with van der Waals surface area (Å²) in [7, 11) is 0. The molecule has 1 aromatic heterocycles. The fourth-order valence-electron chi connectivity index (χ4n) is 5.08. The van der Waals surface area contributed by atoms with Crippen molar-refractivity contribution in [2.24, 2.45) is 5.73 Å². The Hall–Kier alpha value is -2.91. The molecule has 6 nitrogen and oxygen atoms in total. The van der Waals surface area contributed by atoms with Gasteiger partial charge in [0.15, 0.2) is 5.82 Å². The van der Waals surface area contributed by atoms with Crippen LogP contribution in [-0.2, 0) is 6.18 Å². The molecule has 0 saturated carbocycles. The number of hydrogen-bond acceptors (Lipinski definition) is 6. The summed E-state index contributed by atoms with van der Waals surface area (Å²) in [5.74, 6) is 0.458. The van der Waals surface area contributed by atoms with Crippen molar-refractivity contribution in [3.63, 3.8) is 0 Å². The maximum atomic E-state index is 13.4. The average Bonchev–Trinajstić information content (AvgIpc) is 2.77. The number of nitrogens with two attached hydrogens (primary N) is 1. The van der Waals surface area contributed by atoms with Gasteiger partial charge in [0.2, 0.25) is 0 Å². The lowest BCUT2D eigenvalue weighted by Gasteiger charge is -2.44. The second-order valence-electron chi connectivity index (χ2n) is 9.24. The third kappa shape index (κ3) is 4.42. The first kappa shape index (κ1) is 22.9. The first-order chi connectivity index (χ1) is 16.3. The molecule has 0 spiro atoms. The van der Waals surface area contributed by atoms with E-state index in [1.54, 1.807) is 12.3 Å². The van der Waals surface area contributed by atoms with Crippen LogP contribution >= 0.6 is 0 Å². The highest BCUT2D eigenvalue weighted by atomic mass is 19.4. The smallest absolute Gasteiger partial charge is 0.370 e. The number of aromatic nitrogens is 2. The predicted molar refractivity (Wildman–Crippen MR) is 128 cm³/mol. The van der Waals surface area contributed by atoms with E-state index in [1.165, 1.54) is 38.9 Å². The Bertz CT molecular complexity index is 1180. The lowest BCUT2D eigenvalue weighted by Crippen LogP contribution is -2.53. The van der Waals surface area contributed by atoms with E-state index in [1.807, 2.05) is 6.07 Å². The number of rotatable bonds is 5. The van der Waals surface area contributed by atoms with Crippen LogP contribution in [0.2, 0.25) is 0 Å². The molecule has 3 heterocycles. The van der Waals surface area contributed by atoms with Crippen molar-refractivity contribution in [3.05, 3.63) is 59.3 Å². The first-order valence-corrected chi connectivity index (χ1v) is 11.7. The molecule has 0 radical (unpaired) electrons. The Morgan fingerprint density at radius 3 is 2.68 bits per heavy atom. The van der Waals surface area contributed by atoms with Crippen LogP contribution in [0, 0.1) is 6.92 Å². The van der Waals surface area contributed by atoms with Crippen LogP contribution in [0.5, 0.6) is 0 Å². The SMILES string of the molecule is Cc1c([C@@H](N)Nc2nncc3ccc(N4CCCC(N5CCC5)C4)cc23)cccc1C(F)(F)F. The second kappa shape index (κ2) is 9.03. The van der Waals surface area contributed by atoms with Crippen LogP contribution in [0.1, 0.15) is 42.1 Å². The fraction of sp³-hybridized carbons (Fsp3) is 0.440. The van der Waals surface area contributed by atoms with Crippen molar-refractivity contribution in [2.75, 3.05) is 36.4 Å². The summed E-state index contributed by atoms with van der Waals surface area (Å²) in [5, 5.41) is 13.1. The molecule has 2 atom stereocenters. The summed E-state index contributed by atoms with van der Waals surface area (Å²) < 4.78 is 40.1. The van der Waals surface area contributed by atoms with E-state index in [9.17, 15) is 13.2 Å². The lowest BCUT2D eigenvalue weighted by atomic mass is 9.99. The number of halogens is 3. The summed E-state index contributed by atoms with van der Waals surface area (Å²) >= 11 is 0.